The average Bonchev–Trinajstić information content (AvgIpc) is 2.70. The van der Waals surface area contributed by atoms with Crippen LogP contribution in [0.5, 0.6) is 0 Å². The molecule has 0 spiro atoms. The van der Waals surface area contributed by atoms with Crippen LogP contribution in [-0.2, 0) is 6.42 Å². The van der Waals surface area contributed by atoms with Gasteiger partial charge in [-0.05, 0) is 17.4 Å². The molecule has 2 aromatic heterocycles. The molecule has 0 N–H and O–H groups in total. The van der Waals surface area contributed by atoms with Crippen molar-refractivity contribution in [3.63, 3.8) is 0 Å². The van der Waals surface area contributed by atoms with E-state index in [9.17, 15) is 0 Å². The lowest BCUT2D eigenvalue weighted by molar-refractivity contribution is 0.256. The van der Waals surface area contributed by atoms with Crippen molar-refractivity contribution in [1.29, 1.82) is 5.26 Å². The van der Waals surface area contributed by atoms with Gasteiger partial charge in [0.1, 0.15) is 5.82 Å². The highest BCUT2D eigenvalue weighted by Crippen LogP contribution is 2.28. The van der Waals surface area contributed by atoms with E-state index in [4.69, 9.17) is 5.26 Å². The molecule has 0 aliphatic rings. The highest BCUT2D eigenvalue weighted by molar-refractivity contribution is 5.45. The minimum atomic E-state index is 0.248. The molecule has 94 valence electrons. The Labute approximate surface area is 107 Å². The van der Waals surface area contributed by atoms with Gasteiger partial charge in [-0.15, -0.1) is 10.2 Å². The Bertz CT molecular complexity index is 598. The molecular weight excluding hydrogens is 224 g/mol. The van der Waals surface area contributed by atoms with Crippen LogP contribution < -0.4 is 0 Å². The van der Waals surface area contributed by atoms with E-state index in [0.717, 1.165) is 17.9 Å². The fourth-order valence-corrected chi connectivity index (χ4v) is 1.73. The van der Waals surface area contributed by atoms with Crippen molar-refractivity contribution in [2.75, 3.05) is 0 Å². The summed E-state index contributed by atoms with van der Waals surface area (Å²) in [6.45, 7) is 8.92. The summed E-state index contributed by atoms with van der Waals surface area (Å²) in [6.07, 6.45) is 2.76. The standard InChI is InChI=1S/C14H18N4/c1-10(14(2,3)4)7-12-16-17-13-8-11(9-15)5-6-18(12)13/h5-6,8,10H,7H2,1-4H3. The summed E-state index contributed by atoms with van der Waals surface area (Å²) in [6, 6.07) is 5.67. The van der Waals surface area contributed by atoms with E-state index in [1.54, 1.807) is 12.1 Å². The molecule has 0 saturated heterocycles. The summed E-state index contributed by atoms with van der Waals surface area (Å²) in [5.41, 5.74) is 1.61. The summed E-state index contributed by atoms with van der Waals surface area (Å²) in [5.74, 6) is 1.47. The summed E-state index contributed by atoms with van der Waals surface area (Å²) in [4.78, 5) is 0. The molecule has 1 unspecified atom stereocenters. The van der Waals surface area contributed by atoms with E-state index in [1.807, 2.05) is 10.6 Å². The molecule has 0 saturated carbocycles. The summed E-state index contributed by atoms with van der Waals surface area (Å²) in [7, 11) is 0. The van der Waals surface area contributed by atoms with Crippen LogP contribution in [0.3, 0.4) is 0 Å². The van der Waals surface area contributed by atoms with E-state index in [-0.39, 0.29) is 5.41 Å². The second-order valence-electron chi connectivity index (χ2n) is 5.84. The highest BCUT2D eigenvalue weighted by atomic mass is 15.2. The lowest BCUT2D eigenvalue weighted by Crippen LogP contribution is -2.20. The summed E-state index contributed by atoms with van der Waals surface area (Å²) >= 11 is 0. The van der Waals surface area contributed by atoms with Gasteiger partial charge in [0.15, 0.2) is 5.65 Å². The fourth-order valence-electron chi connectivity index (χ4n) is 1.73. The number of aromatic nitrogens is 3. The van der Waals surface area contributed by atoms with Gasteiger partial charge in [-0.25, -0.2) is 0 Å². The molecular formula is C14H18N4. The molecule has 18 heavy (non-hydrogen) atoms. The summed E-state index contributed by atoms with van der Waals surface area (Å²) < 4.78 is 1.96. The second kappa shape index (κ2) is 4.41. The van der Waals surface area contributed by atoms with E-state index in [2.05, 4.69) is 44.0 Å². The lowest BCUT2D eigenvalue weighted by Gasteiger charge is -2.26. The summed E-state index contributed by atoms with van der Waals surface area (Å²) in [5, 5.41) is 17.2. The lowest BCUT2D eigenvalue weighted by atomic mass is 9.80. The molecule has 1 atom stereocenters. The van der Waals surface area contributed by atoms with E-state index < -0.39 is 0 Å². The first-order valence-electron chi connectivity index (χ1n) is 6.15. The van der Waals surface area contributed by atoms with Gasteiger partial charge in [0, 0.05) is 18.7 Å². The third-order valence-corrected chi connectivity index (χ3v) is 3.58. The van der Waals surface area contributed by atoms with Crippen LogP contribution in [-0.4, -0.2) is 14.6 Å². The topological polar surface area (TPSA) is 54.0 Å². The van der Waals surface area contributed by atoms with Crippen LogP contribution in [0.4, 0.5) is 0 Å². The van der Waals surface area contributed by atoms with E-state index >= 15 is 0 Å². The van der Waals surface area contributed by atoms with Crippen molar-refractivity contribution in [1.82, 2.24) is 14.6 Å². The van der Waals surface area contributed by atoms with Gasteiger partial charge < -0.3 is 0 Å². The Balaban J connectivity index is 2.34. The Hall–Kier alpha value is -1.89. The molecule has 0 bridgehead atoms. The number of nitriles is 1. The van der Waals surface area contributed by atoms with Gasteiger partial charge in [-0.3, -0.25) is 4.40 Å². The smallest absolute Gasteiger partial charge is 0.162 e. The largest absolute Gasteiger partial charge is 0.286 e. The number of pyridine rings is 1. The maximum atomic E-state index is 8.85. The molecule has 0 aliphatic carbocycles. The Morgan fingerprint density at radius 2 is 2.11 bits per heavy atom. The van der Waals surface area contributed by atoms with Gasteiger partial charge >= 0.3 is 0 Å². The zero-order chi connectivity index (χ0) is 13.3. The molecule has 0 aliphatic heterocycles. The number of hydrogen-bond donors (Lipinski definition) is 0. The molecule has 2 heterocycles. The molecule has 2 rings (SSSR count). The first-order chi connectivity index (χ1) is 8.41. The third-order valence-electron chi connectivity index (χ3n) is 3.58. The average molecular weight is 242 g/mol. The molecule has 0 radical (unpaired) electrons. The maximum Gasteiger partial charge on any atom is 0.162 e. The Kier molecular flexibility index (Phi) is 3.08. The minimum Gasteiger partial charge on any atom is -0.286 e. The normalized spacial score (nSPS) is 13.5. The van der Waals surface area contributed by atoms with Crippen LogP contribution >= 0.6 is 0 Å². The van der Waals surface area contributed by atoms with Gasteiger partial charge in [-0.1, -0.05) is 27.7 Å². The van der Waals surface area contributed by atoms with Crippen LogP contribution in [0, 0.1) is 22.7 Å². The van der Waals surface area contributed by atoms with Crippen molar-refractivity contribution in [2.45, 2.75) is 34.1 Å². The quantitative estimate of drug-likeness (QED) is 0.813. The van der Waals surface area contributed by atoms with Crippen LogP contribution in [0.1, 0.15) is 39.1 Å². The fraction of sp³-hybridized carbons (Fsp3) is 0.500. The van der Waals surface area contributed by atoms with E-state index in [0.29, 0.717) is 11.5 Å². The first kappa shape index (κ1) is 12.6. The molecule has 4 nitrogen and oxygen atoms in total. The minimum absolute atomic E-state index is 0.248. The SMILES string of the molecule is CC(Cc1nnc2cc(C#N)ccn12)C(C)(C)C. The van der Waals surface area contributed by atoms with Crippen LogP contribution in [0.15, 0.2) is 18.3 Å². The van der Waals surface area contributed by atoms with Crippen molar-refractivity contribution >= 4 is 5.65 Å². The van der Waals surface area contributed by atoms with Gasteiger partial charge in [0.05, 0.1) is 11.6 Å². The van der Waals surface area contributed by atoms with Crippen LogP contribution in [0.25, 0.3) is 5.65 Å². The van der Waals surface area contributed by atoms with Gasteiger partial charge in [0.2, 0.25) is 0 Å². The Morgan fingerprint density at radius 1 is 1.39 bits per heavy atom. The second-order valence-corrected chi connectivity index (χ2v) is 5.84. The van der Waals surface area contributed by atoms with Gasteiger partial charge in [0.25, 0.3) is 0 Å². The molecule has 0 aromatic carbocycles. The first-order valence-corrected chi connectivity index (χ1v) is 6.15. The molecule has 0 fully saturated rings. The molecule has 4 heteroatoms. The number of hydrogen-bond acceptors (Lipinski definition) is 3. The Morgan fingerprint density at radius 3 is 2.72 bits per heavy atom. The van der Waals surface area contributed by atoms with Crippen molar-refractivity contribution in [2.24, 2.45) is 11.3 Å². The number of fused-ring (bicyclic) bond motifs is 1. The van der Waals surface area contributed by atoms with Crippen molar-refractivity contribution in [3.8, 4) is 6.07 Å². The van der Waals surface area contributed by atoms with Crippen molar-refractivity contribution in [3.05, 3.63) is 29.7 Å². The number of nitrogens with zero attached hydrogens (tertiary/aromatic N) is 4. The maximum absolute atomic E-state index is 8.85. The number of rotatable bonds is 2. The monoisotopic (exact) mass is 242 g/mol. The molecule has 0 amide bonds. The van der Waals surface area contributed by atoms with Crippen LogP contribution in [0.2, 0.25) is 0 Å². The predicted molar refractivity (Wildman–Crippen MR) is 70.0 cm³/mol. The van der Waals surface area contributed by atoms with Gasteiger partial charge in [-0.2, -0.15) is 5.26 Å². The van der Waals surface area contributed by atoms with Crippen molar-refractivity contribution < 1.29 is 0 Å². The predicted octanol–water partition coefficient (Wildman–Crippen LogP) is 2.83. The highest BCUT2D eigenvalue weighted by Gasteiger charge is 2.22. The molecule has 2 aromatic rings. The zero-order valence-corrected chi connectivity index (χ0v) is 11.3. The zero-order valence-electron chi connectivity index (χ0n) is 11.3. The third kappa shape index (κ3) is 2.35. The van der Waals surface area contributed by atoms with E-state index in [1.165, 1.54) is 0 Å².